The predicted octanol–water partition coefficient (Wildman–Crippen LogP) is -0.426. The van der Waals surface area contributed by atoms with Crippen LogP contribution in [0.4, 0.5) is 0 Å². The van der Waals surface area contributed by atoms with E-state index in [4.69, 9.17) is 5.73 Å². The van der Waals surface area contributed by atoms with Gasteiger partial charge in [0.05, 0.1) is 0 Å². The molecule has 0 aliphatic carbocycles. The van der Waals surface area contributed by atoms with Crippen LogP contribution in [0.3, 0.4) is 0 Å². The number of nitrogens with two attached hydrogens (primary N) is 1. The van der Waals surface area contributed by atoms with Gasteiger partial charge in [-0.3, -0.25) is 9.69 Å². The van der Waals surface area contributed by atoms with E-state index in [-0.39, 0.29) is 5.91 Å². The molecule has 0 atom stereocenters. The zero-order valence-electron chi connectivity index (χ0n) is 11.5. The third kappa shape index (κ3) is 3.43. The second-order valence-corrected chi connectivity index (χ2v) is 5.40. The molecule has 5 nitrogen and oxygen atoms in total. The highest BCUT2D eigenvalue weighted by Crippen LogP contribution is 2.18. The number of carbonyl (C=O) groups is 1. The Bertz CT molecular complexity index is 268. The van der Waals surface area contributed by atoms with E-state index in [0.717, 1.165) is 39.3 Å². The van der Waals surface area contributed by atoms with Gasteiger partial charge in [0.15, 0.2) is 0 Å². The minimum atomic E-state index is 0.215. The van der Waals surface area contributed by atoms with E-state index in [1.54, 1.807) is 6.92 Å². The summed E-state index contributed by atoms with van der Waals surface area (Å²) in [7, 11) is 0. The van der Waals surface area contributed by atoms with Gasteiger partial charge in [0.25, 0.3) is 0 Å². The molecule has 0 radical (unpaired) electrons. The van der Waals surface area contributed by atoms with E-state index < -0.39 is 0 Å². The van der Waals surface area contributed by atoms with Crippen LogP contribution in [0.5, 0.6) is 0 Å². The Labute approximate surface area is 110 Å². The molecule has 0 aromatic heterocycles. The van der Waals surface area contributed by atoms with Gasteiger partial charge in [0, 0.05) is 52.2 Å². The molecule has 1 amide bonds. The average Bonchev–Trinajstić information content (AvgIpc) is 2.40. The summed E-state index contributed by atoms with van der Waals surface area (Å²) < 4.78 is 0. The first kappa shape index (κ1) is 13.8. The van der Waals surface area contributed by atoms with Gasteiger partial charge in [-0.05, 0) is 25.9 Å². The molecular formula is C13H26N4O. The summed E-state index contributed by atoms with van der Waals surface area (Å²) in [5, 5.41) is 0. The van der Waals surface area contributed by atoms with E-state index in [9.17, 15) is 4.79 Å². The Balaban J connectivity index is 1.73. The summed E-state index contributed by atoms with van der Waals surface area (Å²) in [6, 6.07) is 0.716. The van der Waals surface area contributed by atoms with E-state index in [1.807, 2.05) is 4.90 Å². The number of piperazine rings is 1. The first-order valence-corrected chi connectivity index (χ1v) is 7.12. The molecule has 0 unspecified atom stereocenters. The number of likely N-dealkylation sites (tertiary alicyclic amines) is 1. The lowest BCUT2D eigenvalue weighted by Crippen LogP contribution is -2.54. The third-order valence-electron chi connectivity index (χ3n) is 4.28. The largest absolute Gasteiger partial charge is 0.340 e. The van der Waals surface area contributed by atoms with Crippen LogP contribution in [0.15, 0.2) is 0 Å². The Morgan fingerprint density at radius 3 is 2.22 bits per heavy atom. The number of hydrogen-bond donors (Lipinski definition) is 1. The first-order chi connectivity index (χ1) is 8.70. The van der Waals surface area contributed by atoms with Crippen molar-refractivity contribution in [2.24, 2.45) is 5.73 Å². The van der Waals surface area contributed by atoms with Crippen LogP contribution >= 0.6 is 0 Å². The Morgan fingerprint density at radius 1 is 1.11 bits per heavy atom. The minimum absolute atomic E-state index is 0.215. The number of piperidine rings is 1. The molecular weight excluding hydrogens is 228 g/mol. The van der Waals surface area contributed by atoms with E-state index in [0.29, 0.717) is 6.04 Å². The third-order valence-corrected chi connectivity index (χ3v) is 4.28. The SMILES string of the molecule is CC(=O)N1CCN(C2CCN(CCN)CC2)CC1. The van der Waals surface area contributed by atoms with Gasteiger partial charge in [-0.2, -0.15) is 0 Å². The van der Waals surface area contributed by atoms with Crippen molar-refractivity contribution in [3.05, 3.63) is 0 Å². The highest BCUT2D eigenvalue weighted by Gasteiger charge is 2.27. The lowest BCUT2D eigenvalue weighted by atomic mass is 10.0. The number of hydrogen-bond acceptors (Lipinski definition) is 4. The molecule has 5 heteroatoms. The van der Waals surface area contributed by atoms with E-state index in [1.165, 1.54) is 25.9 Å². The van der Waals surface area contributed by atoms with Gasteiger partial charge in [0.1, 0.15) is 0 Å². The summed E-state index contributed by atoms with van der Waals surface area (Å²) in [5.74, 6) is 0.215. The normalized spacial score (nSPS) is 24.4. The summed E-state index contributed by atoms with van der Waals surface area (Å²) in [6.07, 6.45) is 2.50. The molecule has 104 valence electrons. The molecule has 0 aromatic rings. The smallest absolute Gasteiger partial charge is 0.219 e. The van der Waals surface area contributed by atoms with Crippen LogP contribution in [0, 0.1) is 0 Å². The molecule has 2 aliphatic rings. The minimum Gasteiger partial charge on any atom is -0.340 e. The van der Waals surface area contributed by atoms with Crippen LogP contribution in [-0.4, -0.2) is 79.0 Å². The molecule has 18 heavy (non-hydrogen) atoms. The molecule has 0 aromatic carbocycles. The molecule has 2 aliphatic heterocycles. The van der Waals surface area contributed by atoms with Gasteiger partial charge < -0.3 is 15.5 Å². The van der Waals surface area contributed by atoms with Gasteiger partial charge in [-0.25, -0.2) is 0 Å². The summed E-state index contributed by atoms with van der Waals surface area (Å²) in [5.41, 5.74) is 5.59. The standard InChI is InChI=1S/C13H26N4O/c1-12(18)16-8-10-17(11-9-16)13-2-5-15(6-3-13)7-4-14/h13H,2-11,14H2,1H3. The summed E-state index contributed by atoms with van der Waals surface area (Å²) in [6.45, 7) is 9.70. The van der Waals surface area contributed by atoms with Gasteiger partial charge >= 0.3 is 0 Å². The number of rotatable bonds is 3. The van der Waals surface area contributed by atoms with Crippen molar-refractivity contribution in [3.63, 3.8) is 0 Å². The molecule has 2 heterocycles. The fourth-order valence-electron chi connectivity index (χ4n) is 3.09. The summed E-state index contributed by atoms with van der Waals surface area (Å²) >= 11 is 0. The first-order valence-electron chi connectivity index (χ1n) is 7.12. The maximum Gasteiger partial charge on any atom is 0.219 e. The lowest BCUT2D eigenvalue weighted by Gasteiger charge is -2.42. The monoisotopic (exact) mass is 254 g/mol. The van der Waals surface area contributed by atoms with Crippen LogP contribution < -0.4 is 5.73 Å². The number of amides is 1. The Morgan fingerprint density at radius 2 is 1.72 bits per heavy atom. The van der Waals surface area contributed by atoms with Crippen molar-refractivity contribution in [1.82, 2.24) is 14.7 Å². The van der Waals surface area contributed by atoms with Gasteiger partial charge in [0.2, 0.25) is 5.91 Å². The van der Waals surface area contributed by atoms with Crippen molar-refractivity contribution < 1.29 is 4.79 Å². The van der Waals surface area contributed by atoms with Crippen LogP contribution in [0.25, 0.3) is 0 Å². The highest BCUT2D eigenvalue weighted by atomic mass is 16.2. The highest BCUT2D eigenvalue weighted by molar-refractivity contribution is 5.73. The van der Waals surface area contributed by atoms with Crippen molar-refractivity contribution in [2.75, 3.05) is 52.4 Å². The van der Waals surface area contributed by atoms with E-state index in [2.05, 4.69) is 9.80 Å². The maximum atomic E-state index is 11.3. The van der Waals surface area contributed by atoms with Crippen LogP contribution in [0.2, 0.25) is 0 Å². The Kier molecular flexibility index (Phi) is 4.97. The fourth-order valence-corrected chi connectivity index (χ4v) is 3.09. The predicted molar refractivity (Wildman–Crippen MR) is 72.3 cm³/mol. The second kappa shape index (κ2) is 6.50. The quantitative estimate of drug-likeness (QED) is 0.743. The Hall–Kier alpha value is -0.650. The topological polar surface area (TPSA) is 52.8 Å². The van der Waals surface area contributed by atoms with Crippen molar-refractivity contribution >= 4 is 5.91 Å². The number of carbonyl (C=O) groups excluding carboxylic acids is 1. The van der Waals surface area contributed by atoms with Crippen molar-refractivity contribution in [1.29, 1.82) is 0 Å². The molecule has 2 N–H and O–H groups in total. The lowest BCUT2D eigenvalue weighted by molar-refractivity contribution is -0.131. The molecule has 2 rings (SSSR count). The zero-order chi connectivity index (χ0) is 13.0. The van der Waals surface area contributed by atoms with Gasteiger partial charge in [-0.15, -0.1) is 0 Å². The maximum absolute atomic E-state index is 11.3. The zero-order valence-corrected chi connectivity index (χ0v) is 11.5. The van der Waals surface area contributed by atoms with Crippen molar-refractivity contribution in [3.8, 4) is 0 Å². The van der Waals surface area contributed by atoms with Crippen LogP contribution in [-0.2, 0) is 4.79 Å². The van der Waals surface area contributed by atoms with Crippen LogP contribution in [0.1, 0.15) is 19.8 Å². The molecule has 2 saturated heterocycles. The average molecular weight is 254 g/mol. The van der Waals surface area contributed by atoms with Crippen molar-refractivity contribution in [2.45, 2.75) is 25.8 Å². The molecule has 0 spiro atoms. The fraction of sp³-hybridized carbons (Fsp3) is 0.923. The molecule has 0 bridgehead atoms. The van der Waals surface area contributed by atoms with Gasteiger partial charge in [-0.1, -0.05) is 0 Å². The molecule has 0 saturated carbocycles. The van der Waals surface area contributed by atoms with E-state index >= 15 is 0 Å². The number of nitrogens with zero attached hydrogens (tertiary/aromatic N) is 3. The summed E-state index contributed by atoms with van der Waals surface area (Å²) in [4.78, 5) is 18.3. The molecule has 2 fully saturated rings. The second-order valence-electron chi connectivity index (χ2n) is 5.40.